The molecule has 28 heavy (non-hydrogen) atoms. The summed E-state index contributed by atoms with van der Waals surface area (Å²) in [4.78, 5) is 25.2. The van der Waals surface area contributed by atoms with Gasteiger partial charge in [0.05, 0.1) is 22.0 Å². The van der Waals surface area contributed by atoms with E-state index < -0.39 is 18.5 Å². The van der Waals surface area contributed by atoms with Crippen LogP contribution in [-0.4, -0.2) is 23.6 Å². The first kappa shape index (κ1) is 20.0. The maximum atomic E-state index is 12.4. The molecule has 0 radical (unpaired) electrons. The average Bonchev–Trinajstić information content (AvgIpc) is 3.12. The SMILES string of the molecule is Cc1cc(CSc2ccccc2C(=O)OCC(=O)Nc2ccccc2Cl)no1. The Kier molecular flexibility index (Phi) is 6.73. The van der Waals surface area contributed by atoms with Crippen LogP contribution in [0.5, 0.6) is 0 Å². The number of aromatic nitrogens is 1. The second-order valence-corrected chi connectivity index (χ2v) is 7.24. The number of para-hydroxylation sites is 1. The normalized spacial score (nSPS) is 10.5. The van der Waals surface area contributed by atoms with Gasteiger partial charge in [0, 0.05) is 16.7 Å². The minimum atomic E-state index is -0.575. The third-order valence-electron chi connectivity index (χ3n) is 3.64. The van der Waals surface area contributed by atoms with Crippen LogP contribution in [0.3, 0.4) is 0 Å². The van der Waals surface area contributed by atoms with E-state index in [1.54, 1.807) is 36.4 Å². The first-order chi connectivity index (χ1) is 13.5. The summed E-state index contributed by atoms with van der Waals surface area (Å²) < 4.78 is 10.2. The maximum Gasteiger partial charge on any atom is 0.339 e. The van der Waals surface area contributed by atoms with Crippen molar-refractivity contribution in [1.29, 1.82) is 0 Å². The van der Waals surface area contributed by atoms with Crippen molar-refractivity contribution in [2.24, 2.45) is 0 Å². The molecule has 0 bridgehead atoms. The summed E-state index contributed by atoms with van der Waals surface area (Å²) in [5, 5.41) is 6.95. The van der Waals surface area contributed by atoms with Gasteiger partial charge in [-0.1, -0.05) is 41.0 Å². The molecule has 0 saturated carbocycles. The topological polar surface area (TPSA) is 81.4 Å². The van der Waals surface area contributed by atoms with E-state index in [1.165, 1.54) is 11.8 Å². The lowest BCUT2D eigenvalue weighted by Crippen LogP contribution is -2.21. The van der Waals surface area contributed by atoms with Crippen LogP contribution < -0.4 is 5.32 Å². The Bertz CT molecular complexity index is 990. The van der Waals surface area contributed by atoms with E-state index in [-0.39, 0.29) is 0 Å². The Balaban J connectivity index is 1.58. The van der Waals surface area contributed by atoms with Crippen molar-refractivity contribution in [1.82, 2.24) is 5.16 Å². The van der Waals surface area contributed by atoms with Crippen LogP contribution in [0.1, 0.15) is 21.8 Å². The molecule has 0 saturated heterocycles. The number of carbonyl (C=O) groups is 2. The van der Waals surface area contributed by atoms with Crippen molar-refractivity contribution in [3.63, 3.8) is 0 Å². The van der Waals surface area contributed by atoms with Crippen molar-refractivity contribution >= 4 is 40.9 Å². The van der Waals surface area contributed by atoms with Crippen LogP contribution in [0.2, 0.25) is 5.02 Å². The molecule has 3 rings (SSSR count). The number of aryl methyl sites for hydroxylation is 1. The molecule has 0 fully saturated rings. The van der Waals surface area contributed by atoms with Gasteiger partial charge in [-0.3, -0.25) is 4.79 Å². The van der Waals surface area contributed by atoms with Gasteiger partial charge >= 0.3 is 5.97 Å². The lowest BCUT2D eigenvalue weighted by atomic mass is 10.2. The fourth-order valence-corrected chi connectivity index (χ4v) is 3.46. The van der Waals surface area contributed by atoms with Gasteiger partial charge in [-0.25, -0.2) is 4.79 Å². The van der Waals surface area contributed by atoms with Crippen LogP contribution >= 0.6 is 23.4 Å². The number of benzene rings is 2. The highest BCUT2D eigenvalue weighted by molar-refractivity contribution is 7.98. The van der Waals surface area contributed by atoms with Gasteiger partial charge < -0.3 is 14.6 Å². The summed E-state index contributed by atoms with van der Waals surface area (Å²) in [7, 11) is 0. The third-order valence-corrected chi connectivity index (χ3v) is 5.08. The number of halogens is 1. The monoisotopic (exact) mass is 416 g/mol. The Hall–Kier alpha value is -2.77. The molecule has 0 atom stereocenters. The number of hydrogen-bond donors (Lipinski definition) is 1. The lowest BCUT2D eigenvalue weighted by Gasteiger charge is -2.10. The molecule has 6 nitrogen and oxygen atoms in total. The molecule has 1 N–H and O–H groups in total. The summed E-state index contributed by atoms with van der Waals surface area (Å²) in [6, 6.07) is 15.7. The van der Waals surface area contributed by atoms with Crippen LogP contribution in [0.25, 0.3) is 0 Å². The standard InChI is InChI=1S/C20H17ClN2O4S/c1-13-10-14(23-27-13)12-28-18-9-5-2-6-15(18)20(25)26-11-19(24)22-17-8-4-3-7-16(17)21/h2-10H,11-12H2,1H3,(H,22,24). The molecule has 144 valence electrons. The summed E-state index contributed by atoms with van der Waals surface area (Å²) in [6.07, 6.45) is 0. The van der Waals surface area contributed by atoms with E-state index >= 15 is 0 Å². The zero-order valence-corrected chi connectivity index (χ0v) is 16.5. The van der Waals surface area contributed by atoms with Crippen LogP contribution in [0, 0.1) is 6.92 Å². The first-order valence-electron chi connectivity index (χ1n) is 8.38. The number of carbonyl (C=O) groups excluding carboxylic acids is 2. The largest absolute Gasteiger partial charge is 0.452 e. The van der Waals surface area contributed by atoms with Crippen molar-refractivity contribution < 1.29 is 18.8 Å². The van der Waals surface area contributed by atoms with E-state index in [9.17, 15) is 9.59 Å². The van der Waals surface area contributed by atoms with E-state index in [4.69, 9.17) is 20.9 Å². The van der Waals surface area contributed by atoms with E-state index in [1.807, 2.05) is 25.1 Å². The summed E-state index contributed by atoms with van der Waals surface area (Å²) in [6.45, 7) is 1.41. The fourth-order valence-electron chi connectivity index (χ4n) is 2.36. The van der Waals surface area contributed by atoms with Crippen molar-refractivity contribution in [2.75, 3.05) is 11.9 Å². The van der Waals surface area contributed by atoms with E-state index in [0.717, 1.165) is 16.3 Å². The predicted octanol–water partition coefficient (Wildman–Crippen LogP) is 4.72. The molecular weight excluding hydrogens is 400 g/mol. The van der Waals surface area contributed by atoms with Gasteiger partial charge in [-0.05, 0) is 31.2 Å². The molecule has 0 aliphatic rings. The number of thioether (sulfide) groups is 1. The zero-order chi connectivity index (χ0) is 19.9. The number of nitrogens with one attached hydrogen (secondary N) is 1. The average molecular weight is 417 g/mol. The molecule has 0 aliphatic heterocycles. The number of ether oxygens (including phenoxy) is 1. The second kappa shape index (κ2) is 9.43. The number of anilines is 1. The zero-order valence-electron chi connectivity index (χ0n) is 15.0. The van der Waals surface area contributed by atoms with Gasteiger partial charge in [-0.2, -0.15) is 0 Å². The molecule has 1 aromatic heterocycles. The predicted molar refractivity (Wildman–Crippen MR) is 108 cm³/mol. The molecule has 3 aromatic rings. The maximum absolute atomic E-state index is 12.4. The van der Waals surface area contributed by atoms with Crippen LogP contribution in [0.15, 0.2) is 64.0 Å². The number of rotatable bonds is 7. The summed E-state index contributed by atoms with van der Waals surface area (Å²) in [5.74, 6) is 0.237. The fraction of sp³-hybridized carbons (Fsp3) is 0.150. The Morgan fingerprint density at radius 2 is 1.93 bits per heavy atom. The smallest absolute Gasteiger partial charge is 0.339 e. The quantitative estimate of drug-likeness (QED) is 0.443. The molecule has 0 unspecified atom stereocenters. The molecule has 8 heteroatoms. The lowest BCUT2D eigenvalue weighted by molar-refractivity contribution is -0.119. The van der Waals surface area contributed by atoms with Gasteiger partial charge in [0.25, 0.3) is 5.91 Å². The number of amides is 1. The third kappa shape index (κ3) is 5.37. The Labute approximate surface area is 171 Å². The van der Waals surface area contributed by atoms with Crippen molar-refractivity contribution in [3.8, 4) is 0 Å². The minimum Gasteiger partial charge on any atom is -0.452 e. The van der Waals surface area contributed by atoms with Gasteiger partial charge in [0.1, 0.15) is 5.76 Å². The number of nitrogens with zero attached hydrogens (tertiary/aromatic N) is 1. The highest BCUT2D eigenvalue weighted by Crippen LogP contribution is 2.27. The highest BCUT2D eigenvalue weighted by atomic mass is 35.5. The van der Waals surface area contributed by atoms with Crippen LogP contribution in [0.4, 0.5) is 5.69 Å². The van der Waals surface area contributed by atoms with Gasteiger partial charge in [-0.15, -0.1) is 11.8 Å². The van der Waals surface area contributed by atoms with Crippen molar-refractivity contribution in [2.45, 2.75) is 17.6 Å². The Morgan fingerprint density at radius 3 is 2.68 bits per heavy atom. The molecule has 1 amide bonds. The number of hydrogen-bond acceptors (Lipinski definition) is 6. The van der Waals surface area contributed by atoms with Gasteiger partial charge in [0.15, 0.2) is 6.61 Å². The minimum absolute atomic E-state index is 0.387. The number of esters is 1. The summed E-state index contributed by atoms with van der Waals surface area (Å²) >= 11 is 7.44. The molecular formula is C20H17ClN2O4S. The van der Waals surface area contributed by atoms with Crippen LogP contribution in [-0.2, 0) is 15.3 Å². The molecule has 0 spiro atoms. The second-order valence-electron chi connectivity index (χ2n) is 5.82. The van der Waals surface area contributed by atoms with Crippen molar-refractivity contribution in [3.05, 3.63) is 76.6 Å². The molecule has 2 aromatic carbocycles. The first-order valence-corrected chi connectivity index (χ1v) is 9.75. The van der Waals surface area contributed by atoms with E-state index in [0.29, 0.717) is 22.0 Å². The summed E-state index contributed by atoms with van der Waals surface area (Å²) in [5.41, 5.74) is 1.63. The Morgan fingerprint density at radius 1 is 1.18 bits per heavy atom. The van der Waals surface area contributed by atoms with E-state index in [2.05, 4.69) is 10.5 Å². The molecule has 0 aliphatic carbocycles. The van der Waals surface area contributed by atoms with Gasteiger partial charge in [0.2, 0.25) is 0 Å². The highest BCUT2D eigenvalue weighted by Gasteiger charge is 2.15. The molecule has 1 heterocycles.